The van der Waals surface area contributed by atoms with E-state index in [-0.39, 0.29) is 5.82 Å². The summed E-state index contributed by atoms with van der Waals surface area (Å²) in [6.07, 6.45) is 0. The molecule has 2 aromatic carbocycles. The number of nitrogens with two attached hydrogens (primary N) is 1. The van der Waals surface area contributed by atoms with Crippen LogP contribution in [0.25, 0.3) is 0 Å². The second-order valence-corrected chi connectivity index (χ2v) is 5.48. The highest BCUT2D eigenvalue weighted by molar-refractivity contribution is 9.10. The SMILES string of the molecule is Cc1ccc(C(N)c2ccc(Br)cc2Cl)cc1F. The fourth-order valence-corrected chi connectivity index (χ4v) is 2.53. The number of hydrogen-bond donors (Lipinski definition) is 1. The molecule has 1 nitrogen and oxygen atoms in total. The Hall–Kier alpha value is -0.900. The molecule has 1 atom stereocenters. The van der Waals surface area contributed by atoms with Gasteiger partial charge in [0.2, 0.25) is 0 Å². The standard InChI is InChI=1S/C14H12BrClFN/c1-8-2-3-9(6-13(8)17)14(18)11-5-4-10(15)7-12(11)16/h2-7,14H,18H2,1H3. The second-order valence-electron chi connectivity index (χ2n) is 4.15. The molecular formula is C14H12BrClFN. The van der Waals surface area contributed by atoms with E-state index >= 15 is 0 Å². The monoisotopic (exact) mass is 327 g/mol. The first-order valence-electron chi connectivity index (χ1n) is 5.45. The third kappa shape index (κ3) is 2.74. The molecule has 0 fully saturated rings. The number of benzene rings is 2. The number of aryl methyl sites for hydroxylation is 1. The van der Waals surface area contributed by atoms with Crippen molar-refractivity contribution >= 4 is 27.5 Å². The van der Waals surface area contributed by atoms with Gasteiger partial charge in [-0.1, -0.05) is 45.7 Å². The van der Waals surface area contributed by atoms with Crippen molar-refractivity contribution in [2.24, 2.45) is 5.73 Å². The lowest BCUT2D eigenvalue weighted by atomic mass is 9.98. The van der Waals surface area contributed by atoms with Crippen LogP contribution < -0.4 is 5.73 Å². The maximum Gasteiger partial charge on any atom is 0.126 e. The first-order valence-corrected chi connectivity index (χ1v) is 6.62. The van der Waals surface area contributed by atoms with E-state index in [4.69, 9.17) is 17.3 Å². The highest BCUT2D eigenvalue weighted by atomic mass is 79.9. The van der Waals surface area contributed by atoms with Crippen LogP contribution in [0.5, 0.6) is 0 Å². The summed E-state index contributed by atoms with van der Waals surface area (Å²) in [7, 11) is 0. The minimum Gasteiger partial charge on any atom is -0.320 e. The molecule has 0 heterocycles. The van der Waals surface area contributed by atoms with Crippen LogP contribution in [0.3, 0.4) is 0 Å². The van der Waals surface area contributed by atoms with Crippen LogP contribution in [-0.2, 0) is 0 Å². The van der Waals surface area contributed by atoms with Crippen molar-refractivity contribution < 1.29 is 4.39 Å². The predicted molar refractivity (Wildman–Crippen MR) is 76.3 cm³/mol. The van der Waals surface area contributed by atoms with Gasteiger partial charge in [-0.3, -0.25) is 0 Å². The van der Waals surface area contributed by atoms with Crippen molar-refractivity contribution in [1.82, 2.24) is 0 Å². The zero-order chi connectivity index (χ0) is 13.3. The molecule has 0 spiro atoms. The quantitative estimate of drug-likeness (QED) is 0.856. The first-order chi connectivity index (χ1) is 8.49. The molecule has 0 amide bonds. The van der Waals surface area contributed by atoms with Gasteiger partial charge >= 0.3 is 0 Å². The molecule has 2 rings (SSSR count). The minimum absolute atomic E-state index is 0.254. The van der Waals surface area contributed by atoms with Crippen molar-refractivity contribution in [3.8, 4) is 0 Å². The summed E-state index contributed by atoms with van der Waals surface area (Å²) in [5.74, 6) is -0.254. The van der Waals surface area contributed by atoms with Crippen LogP contribution in [0.4, 0.5) is 4.39 Å². The minimum atomic E-state index is -0.430. The van der Waals surface area contributed by atoms with E-state index in [1.807, 2.05) is 18.2 Å². The Labute approximate surface area is 119 Å². The average Bonchev–Trinajstić information content (AvgIpc) is 2.32. The van der Waals surface area contributed by atoms with E-state index in [2.05, 4.69) is 15.9 Å². The molecule has 18 heavy (non-hydrogen) atoms. The fraction of sp³-hybridized carbons (Fsp3) is 0.143. The van der Waals surface area contributed by atoms with Gasteiger partial charge in [0.15, 0.2) is 0 Å². The molecule has 0 radical (unpaired) electrons. The first kappa shape index (κ1) is 13.5. The Kier molecular flexibility index (Phi) is 4.05. The van der Waals surface area contributed by atoms with Gasteiger partial charge in [0.1, 0.15) is 5.82 Å². The van der Waals surface area contributed by atoms with E-state index < -0.39 is 6.04 Å². The van der Waals surface area contributed by atoms with Gasteiger partial charge in [-0.05, 0) is 41.8 Å². The normalized spacial score (nSPS) is 12.5. The van der Waals surface area contributed by atoms with Gasteiger partial charge in [0.25, 0.3) is 0 Å². The molecule has 0 saturated carbocycles. The molecule has 0 bridgehead atoms. The van der Waals surface area contributed by atoms with E-state index in [0.717, 1.165) is 10.0 Å². The highest BCUT2D eigenvalue weighted by Gasteiger charge is 2.14. The molecule has 2 aromatic rings. The second kappa shape index (κ2) is 5.39. The Balaban J connectivity index is 2.41. The van der Waals surface area contributed by atoms with Gasteiger partial charge < -0.3 is 5.73 Å². The molecule has 94 valence electrons. The van der Waals surface area contributed by atoms with E-state index in [9.17, 15) is 4.39 Å². The summed E-state index contributed by atoms with van der Waals surface area (Å²) < 4.78 is 14.4. The van der Waals surface area contributed by atoms with Gasteiger partial charge in [0, 0.05) is 9.50 Å². The molecule has 2 N–H and O–H groups in total. The zero-order valence-corrected chi connectivity index (χ0v) is 12.1. The number of halogens is 3. The van der Waals surface area contributed by atoms with Crippen molar-refractivity contribution in [3.05, 3.63) is 68.4 Å². The topological polar surface area (TPSA) is 26.0 Å². The smallest absolute Gasteiger partial charge is 0.126 e. The van der Waals surface area contributed by atoms with E-state index in [0.29, 0.717) is 16.1 Å². The number of rotatable bonds is 2. The molecule has 0 aliphatic heterocycles. The van der Waals surface area contributed by atoms with Crippen LogP contribution in [-0.4, -0.2) is 0 Å². The van der Waals surface area contributed by atoms with Gasteiger partial charge in [-0.15, -0.1) is 0 Å². The molecule has 0 aliphatic carbocycles. The van der Waals surface area contributed by atoms with Gasteiger partial charge in [-0.2, -0.15) is 0 Å². The van der Waals surface area contributed by atoms with Gasteiger partial charge in [-0.25, -0.2) is 4.39 Å². The molecule has 4 heteroatoms. The summed E-state index contributed by atoms with van der Waals surface area (Å²) in [6, 6.07) is 10.1. The Morgan fingerprint density at radius 1 is 1.22 bits per heavy atom. The lowest BCUT2D eigenvalue weighted by molar-refractivity contribution is 0.614. The average molecular weight is 329 g/mol. The maximum atomic E-state index is 13.5. The maximum absolute atomic E-state index is 13.5. The van der Waals surface area contributed by atoms with Crippen LogP contribution in [0.1, 0.15) is 22.7 Å². The fourth-order valence-electron chi connectivity index (χ4n) is 1.74. The lowest BCUT2D eigenvalue weighted by Crippen LogP contribution is -2.12. The van der Waals surface area contributed by atoms with Crippen LogP contribution >= 0.6 is 27.5 Å². The Morgan fingerprint density at radius 2 is 1.94 bits per heavy atom. The molecule has 0 aliphatic rings. The molecular weight excluding hydrogens is 317 g/mol. The Bertz CT molecular complexity index is 586. The van der Waals surface area contributed by atoms with Gasteiger partial charge in [0.05, 0.1) is 6.04 Å². The predicted octanol–water partition coefficient (Wildman–Crippen LogP) is 4.60. The van der Waals surface area contributed by atoms with Crippen molar-refractivity contribution in [1.29, 1.82) is 0 Å². The van der Waals surface area contributed by atoms with Crippen molar-refractivity contribution in [2.45, 2.75) is 13.0 Å². The summed E-state index contributed by atoms with van der Waals surface area (Å²) in [4.78, 5) is 0. The Morgan fingerprint density at radius 3 is 2.56 bits per heavy atom. The van der Waals surface area contributed by atoms with E-state index in [1.54, 1.807) is 19.1 Å². The third-order valence-corrected chi connectivity index (χ3v) is 3.67. The van der Waals surface area contributed by atoms with Crippen molar-refractivity contribution in [2.75, 3.05) is 0 Å². The molecule has 0 saturated heterocycles. The van der Waals surface area contributed by atoms with Crippen molar-refractivity contribution in [3.63, 3.8) is 0 Å². The summed E-state index contributed by atoms with van der Waals surface area (Å²) >= 11 is 9.48. The molecule has 0 aromatic heterocycles. The van der Waals surface area contributed by atoms with E-state index in [1.165, 1.54) is 6.07 Å². The van der Waals surface area contributed by atoms with Crippen LogP contribution in [0, 0.1) is 12.7 Å². The summed E-state index contributed by atoms with van der Waals surface area (Å²) in [5.41, 5.74) is 8.22. The highest BCUT2D eigenvalue weighted by Crippen LogP contribution is 2.29. The molecule has 1 unspecified atom stereocenters. The van der Waals surface area contributed by atoms with Crippen LogP contribution in [0.2, 0.25) is 5.02 Å². The lowest BCUT2D eigenvalue weighted by Gasteiger charge is -2.15. The summed E-state index contributed by atoms with van der Waals surface area (Å²) in [6.45, 7) is 1.72. The third-order valence-electron chi connectivity index (χ3n) is 2.85. The van der Waals surface area contributed by atoms with Crippen LogP contribution in [0.15, 0.2) is 40.9 Å². The largest absolute Gasteiger partial charge is 0.320 e. The number of hydrogen-bond acceptors (Lipinski definition) is 1. The summed E-state index contributed by atoms with van der Waals surface area (Å²) in [5, 5.41) is 0.567. The zero-order valence-electron chi connectivity index (χ0n) is 9.75.